The monoisotopic (exact) mass is 451 g/mol. The van der Waals surface area contributed by atoms with E-state index in [0.717, 1.165) is 0 Å². The third kappa shape index (κ3) is 6.13. The lowest BCUT2D eigenvalue weighted by Crippen LogP contribution is -2.41. The van der Waals surface area contributed by atoms with Gasteiger partial charge in [0, 0.05) is 13.1 Å². The molecule has 2 aromatic rings. The molecule has 0 unspecified atom stereocenters. The molecule has 0 atom stereocenters. The topological polar surface area (TPSA) is 144 Å². The summed E-state index contributed by atoms with van der Waals surface area (Å²) in [6.45, 7) is 0.582. The largest absolute Gasteiger partial charge is 0.467 e. The Balaban J connectivity index is 1.46. The number of morpholine rings is 1. The summed E-state index contributed by atoms with van der Waals surface area (Å²) in [6.07, 6.45) is 1.45. The molecular weight excluding hydrogens is 430 g/mol. The molecule has 1 aliphatic heterocycles. The molecule has 0 spiro atoms. The van der Waals surface area contributed by atoms with E-state index in [-0.39, 0.29) is 30.1 Å². The molecule has 1 fully saturated rings. The molecule has 1 aromatic heterocycles. The number of ether oxygens (including phenoxy) is 2. The van der Waals surface area contributed by atoms with Gasteiger partial charge in [0.2, 0.25) is 10.0 Å². The Hall–Kier alpha value is -3.22. The van der Waals surface area contributed by atoms with Crippen LogP contribution in [0, 0.1) is 0 Å². The van der Waals surface area contributed by atoms with Crippen molar-refractivity contribution in [2.24, 2.45) is 0 Å². The number of carbonyl (C=O) groups is 3. The number of urea groups is 1. The first-order valence-electron chi connectivity index (χ1n) is 9.31. The summed E-state index contributed by atoms with van der Waals surface area (Å²) in [6, 6.07) is 7.72. The van der Waals surface area contributed by atoms with Crippen LogP contribution in [0.5, 0.6) is 0 Å². The number of imide groups is 1. The van der Waals surface area contributed by atoms with Crippen LogP contribution in [-0.2, 0) is 30.8 Å². The Labute approximate surface area is 178 Å². The van der Waals surface area contributed by atoms with Crippen LogP contribution in [0.25, 0.3) is 0 Å². The summed E-state index contributed by atoms with van der Waals surface area (Å²) in [5.41, 5.74) is 0.0657. The molecule has 11 nitrogen and oxygen atoms in total. The Bertz CT molecular complexity index is 1010. The molecule has 0 aliphatic carbocycles. The normalized spacial score (nSPS) is 14.6. The van der Waals surface area contributed by atoms with Crippen molar-refractivity contribution in [1.29, 1.82) is 0 Å². The number of sulfonamides is 1. The van der Waals surface area contributed by atoms with Crippen molar-refractivity contribution < 1.29 is 36.7 Å². The van der Waals surface area contributed by atoms with E-state index < -0.39 is 34.5 Å². The number of carbonyl (C=O) groups excluding carboxylic acids is 3. The van der Waals surface area contributed by atoms with Crippen LogP contribution in [0.1, 0.15) is 16.1 Å². The molecular formula is C19H21N3O8S. The number of furan rings is 1. The van der Waals surface area contributed by atoms with Gasteiger partial charge in [-0.15, -0.1) is 0 Å². The number of esters is 1. The highest BCUT2D eigenvalue weighted by Gasteiger charge is 2.26. The molecule has 1 saturated heterocycles. The third-order valence-corrected chi connectivity index (χ3v) is 6.20. The number of benzene rings is 1. The zero-order chi connectivity index (χ0) is 22.3. The Kier molecular flexibility index (Phi) is 7.39. The molecule has 1 aliphatic rings. The van der Waals surface area contributed by atoms with Crippen molar-refractivity contribution in [2.45, 2.75) is 11.4 Å². The van der Waals surface area contributed by atoms with Gasteiger partial charge in [0.15, 0.2) is 6.61 Å². The van der Waals surface area contributed by atoms with E-state index in [9.17, 15) is 22.8 Å². The van der Waals surface area contributed by atoms with Crippen molar-refractivity contribution in [3.63, 3.8) is 0 Å². The summed E-state index contributed by atoms with van der Waals surface area (Å²) in [5.74, 6) is -1.15. The van der Waals surface area contributed by atoms with Crippen LogP contribution >= 0.6 is 0 Å². The van der Waals surface area contributed by atoms with E-state index in [4.69, 9.17) is 13.9 Å². The summed E-state index contributed by atoms with van der Waals surface area (Å²) in [7, 11) is -3.68. The lowest BCUT2D eigenvalue weighted by atomic mass is 10.2. The SMILES string of the molecule is O=C(COC(=O)c1ccc(S(=O)(=O)N2CCOCC2)cc1)NC(=O)NCc1ccco1. The van der Waals surface area contributed by atoms with Crippen LogP contribution in [-0.4, -0.2) is 63.5 Å². The van der Waals surface area contributed by atoms with Gasteiger partial charge in [-0.2, -0.15) is 4.31 Å². The zero-order valence-electron chi connectivity index (χ0n) is 16.4. The van der Waals surface area contributed by atoms with Crippen LogP contribution < -0.4 is 10.6 Å². The average Bonchev–Trinajstić information content (AvgIpc) is 3.30. The Morgan fingerprint density at radius 3 is 2.42 bits per heavy atom. The van der Waals surface area contributed by atoms with E-state index in [2.05, 4.69) is 5.32 Å². The summed E-state index contributed by atoms with van der Waals surface area (Å²) >= 11 is 0. The first kappa shape index (κ1) is 22.5. The molecule has 1 aromatic carbocycles. The maximum absolute atomic E-state index is 12.6. The molecule has 2 heterocycles. The Morgan fingerprint density at radius 1 is 1.06 bits per heavy atom. The highest BCUT2D eigenvalue weighted by atomic mass is 32.2. The van der Waals surface area contributed by atoms with Crippen molar-refractivity contribution in [3.05, 3.63) is 54.0 Å². The smallest absolute Gasteiger partial charge is 0.338 e. The minimum atomic E-state index is -3.68. The van der Waals surface area contributed by atoms with Gasteiger partial charge in [-0.05, 0) is 36.4 Å². The summed E-state index contributed by atoms with van der Waals surface area (Å²) < 4.78 is 41.5. The predicted molar refractivity (Wildman–Crippen MR) is 105 cm³/mol. The van der Waals surface area contributed by atoms with Gasteiger partial charge in [0.05, 0.1) is 36.5 Å². The highest BCUT2D eigenvalue weighted by molar-refractivity contribution is 7.89. The first-order valence-corrected chi connectivity index (χ1v) is 10.8. The van der Waals surface area contributed by atoms with E-state index in [0.29, 0.717) is 19.0 Å². The van der Waals surface area contributed by atoms with Gasteiger partial charge < -0.3 is 19.2 Å². The zero-order valence-corrected chi connectivity index (χ0v) is 17.2. The molecule has 31 heavy (non-hydrogen) atoms. The minimum Gasteiger partial charge on any atom is -0.467 e. The lowest BCUT2D eigenvalue weighted by molar-refractivity contribution is -0.123. The van der Waals surface area contributed by atoms with Gasteiger partial charge in [-0.1, -0.05) is 0 Å². The van der Waals surface area contributed by atoms with Gasteiger partial charge in [-0.25, -0.2) is 18.0 Å². The fourth-order valence-electron chi connectivity index (χ4n) is 2.70. The van der Waals surface area contributed by atoms with Crippen LogP contribution in [0.3, 0.4) is 0 Å². The maximum atomic E-state index is 12.6. The van der Waals surface area contributed by atoms with Crippen LogP contribution in [0.2, 0.25) is 0 Å². The van der Waals surface area contributed by atoms with Crippen LogP contribution in [0.4, 0.5) is 4.79 Å². The fraction of sp³-hybridized carbons (Fsp3) is 0.316. The number of nitrogens with one attached hydrogen (secondary N) is 2. The molecule has 3 amide bonds. The molecule has 12 heteroatoms. The van der Waals surface area contributed by atoms with Gasteiger partial charge >= 0.3 is 12.0 Å². The molecule has 3 rings (SSSR count). The predicted octanol–water partition coefficient (Wildman–Crippen LogP) is 0.483. The fourth-order valence-corrected chi connectivity index (χ4v) is 4.11. The third-order valence-electron chi connectivity index (χ3n) is 4.29. The van der Waals surface area contributed by atoms with E-state index in [1.807, 2.05) is 5.32 Å². The number of nitrogens with zero attached hydrogens (tertiary/aromatic N) is 1. The second kappa shape index (κ2) is 10.2. The Morgan fingerprint density at radius 2 is 1.77 bits per heavy atom. The first-order chi connectivity index (χ1) is 14.9. The van der Waals surface area contributed by atoms with Gasteiger partial charge in [0.25, 0.3) is 5.91 Å². The number of rotatable bonds is 7. The molecule has 2 N–H and O–H groups in total. The highest BCUT2D eigenvalue weighted by Crippen LogP contribution is 2.18. The van der Waals surface area contributed by atoms with Gasteiger partial charge in [-0.3, -0.25) is 10.1 Å². The maximum Gasteiger partial charge on any atom is 0.338 e. The van der Waals surface area contributed by atoms with Crippen molar-refractivity contribution in [2.75, 3.05) is 32.9 Å². The van der Waals surface area contributed by atoms with Crippen molar-refractivity contribution in [3.8, 4) is 0 Å². The van der Waals surface area contributed by atoms with Gasteiger partial charge in [0.1, 0.15) is 5.76 Å². The second-order valence-corrected chi connectivity index (χ2v) is 8.37. The van der Waals surface area contributed by atoms with Crippen LogP contribution in [0.15, 0.2) is 52.0 Å². The number of amides is 3. The standard InChI is InChI=1S/C19H21N3O8S/c23-17(21-19(25)20-12-15-2-1-9-29-15)13-30-18(24)14-3-5-16(6-4-14)31(26,27)22-7-10-28-11-8-22/h1-6,9H,7-8,10-13H2,(H2,20,21,23,25). The minimum absolute atomic E-state index is 0.0388. The molecule has 0 bridgehead atoms. The number of hydrogen-bond donors (Lipinski definition) is 2. The molecule has 166 valence electrons. The number of hydrogen-bond acceptors (Lipinski definition) is 8. The molecule has 0 radical (unpaired) electrons. The van der Waals surface area contributed by atoms with E-state index in [1.165, 1.54) is 34.8 Å². The van der Waals surface area contributed by atoms with E-state index >= 15 is 0 Å². The quantitative estimate of drug-likeness (QED) is 0.579. The molecule has 0 saturated carbocycles. The lowest BCUT2D eigenvalue weighted by Gasteiger charge is -2.26. The summed E-state index contributed by atoms with van der Waals surface area (Å²) in [5, 5.41) is 4.42. The average molecular weight is 451 g/mol. The summed E-state index contributed by atoms with van der Waals surface area (Å²) in [4.78, 5) is 35.5. The van der Waals surface area contributed by atoms with Crippen molar-refractivity contribution >= 4 is 27.9 Å². The van der Waals surface area contributed by atoms with E-state index in [1.54, 1.807) is 12.1 Å². The second-order valence-electron chi connectivity index (χ2n) is 6.43. The van der Waals surface area contributed by atoms with Crippen molar-refractivity contribution in [1.82, 2.24) is 14.9 Å².